The molecule has 2 rings (SSSR count). The van der Waals surface area contributed by atoms with E-state index in [-0.39, 0.29) is 24.3 Å². The zero-order valence-electron chi connectivity index (χ0n) is 8.80. The van der Waals surface area contributed by atoms with E-state index in [0.29, 0.717) is 0 Å². The lowest BCUT2D eigenvalue weighted by molar-refractivity contribution is -0.385. The lowest BCUT2D eigenvalue weighted by Gasteiger charge is -2.07. The van der Waals surface area contributed by atoms with Crippen molar-refractivity contribution in [1.82, 2.24) is 0 Å². The Labute approximate surface area is 100 Å². The van der Waals surface area contributed by atoms with Crippen molar-refractivity contribution in [3.63, 3.8) is 0 Å². The van der Waals surface area contributed by atoms with Crippen LogP contribution in [-0.4, -0.2) is 25.7 Å². The number of hydrogen-bond donors (Lipinski definition) is 0. The van der Waals surface area contributed by atoms with Gasteiger partial charge in [0.05, 0.1) is 16.4 Å². The van der Waals surface area contributed by atoms with Gasteiger partial charge in [-0.2, -0.15) is 8.78 Å². The minimum Gasteiger partial charge on any atom is -0.486 e. The molecule has 98 valence electrons. The Bertz CT molecular complexity index is 614. The molecule has 0 saturated heterocycles. The molecule has 1 aliphatic heterocycles. The fraction of sp³-hybridized carbons (Fsp3) is 0.333. The molecular formula is C9H7F2NO5S. The summed E-state index contributed by atoms with van der Waals surface area (Å²) >= 11 is 0. The Morgan fingerprint density at radius 1 is 1.39 bits per heavy atom. The third-order valence-corrected chi connectivity index (χ3v) is 4.00. The summed E-state index contributed by atoms with van der Waals surface area (Å²) in [6.45, 7) is 0.0337. The molecule has 0 aromatic heterocycles. The molecule has 1 aliphatic rings. The van der Waals surface area contributed by atoms with Crippen LogP contribution in [0.15, 0.2) is 17.0 Å². The average Bonchev–Trinajstić information content (AvgIpc) is 2.75. The van der Waals surface area contributed by atoms with Gasteiger partial charge < -0.3 is 4.74 Å². The minimum absolute atomic E-state index is 0.0337. The fourth-order valence-electron chi connectivity index (χ4n) is 1.76. The highest BCUT2D eigenvalue weighted by atomic mass is 32.2. The number of alkyl halides is 2. The molecule has 6 nitrogen and oxygen atoms in total. The fourth-order valence-corrected chi connectivity index (χ4v) is 2.74. The van der Waals surface area contributed by atoms with Gasteiger partial charge in [0, 0.05) is 18.1 Å². The van der Waals surface area contributed by atoms with Crippen LogP contribution in [0.25, 0.3) is 0 Å². The van der Waals surface area contributed by atoms with E-state index in [4.69, 9.17) is 4.74 Å². The Balaban J connectivity index is 2.68. The van der Waals surface area contributed by atoms with Gasteiger partial charge in [-0.05, 0) is 6.07 Å². The Hall–Kier alpha value is -1.77. The number of benzene rings is 1. The summed E-state index contributed by atoms with van der Waals surface area (Å²) in [5, 5.41) is 10.7. The highest BCUT2D eigenvalue weighted by Gasteiger charge is 2.35. The Morgan fingerprint density at radius 3 is 2.61 bits per heavy atom. The molecule has 0 atom stereocenters. The van der Waals surface area contributed by atoms with Gasteiger partial charge in [0.25, 0.3) is 0 Å². The predicted octanol–water partition coefficient (Wildman–Crippen LogP) is 1.53. The molecule has 9 heteroatoms. The predicted molar refractivity (Wildman–Crippen MR) is 55.5 cm³/mol. The highest BCUT2D eigenvalue weighted by molar-refractivity contribution is 7.91. The monoisotopic (exact) mass is 279 g/mol. The van der Waals surface area contributed by atoms with E-state index < -0.39 is 31.1 Å². The van der Waals surface area contributed by atoms with Crippen LogP contribution in [-0.2, 0) is 16.3 Å². The maximum atomic E-state index is 12.5. The highest BCUT2D eigenvalue weighted by Crippen LogP contribution is 2.40. The first-order chi connectivity index (χ1) is 8.35. The Kier molecular flexibility index (Phi) is 2.93. The van der Waals surface area contributed by atoms with Crippen molar-refractivity contribution in [2.45, 2.75) is 17.1 Å². The molecule has 1 aromatic rings. The first-order valence-corrected chi connectivity index (χ1v) is 6.35. The van der Waals surface area contributed by atoms with E-state index in [2.05, 4.69) is 0 Å². The van der Waals surface area contributed by atoms with Gasteiger partial charge in [-0.25, -0.2) is 8.42 Å². The number of sulfone groups is 1. The summed E-state index contributed by atoms with van der Waals surface area (Å²) in [7, 11) is -4.78. The van der Waals surface area contributed by atoms with Gasteiger partial charge in [0.1, 0.15) is 0 Å². The molecule has 0 spiro atoms. The van der Waals surface area contributed by atoms with Crippen molar-refractivity contribution in [2.24, 2.45) is 0 Å². The van der Waals surface area contributed by atoms with E-state index in [1.54, 1.807) is 0 Å². The molecule has 0 bridgehead atoms. The second kappa shape index (κ2) is 4.16. The maximum absolute atomic E-state index is 12.5. The number of nitrogens with zero attached hydrogens (tertiary/aromatic N) is 1. The molecule has 0 aliphatic carbocycles. The van der Waals surface area contributed by atoms with E-state index in [9.17, 15) is 27.3 Å². The number of fused-ring (bicyclic) bond motifs is 1. The van der Waals surface area contributed by atoms with Gasteiger partial charge in [-0.3, -0.25) is 10.1 Å². The van der Waals surface area contributed by atoms with Crippen molar-refractivity contribution < 1.29 is 26.9 Å². The number of hydrogen-bond acceptors (Lipinski definition) is 5. The quantitative estimate of drug-likeness (QED) is 0.618. The van der Waals surface area contributed by atoms with Gasteiger partial charge in [0.2, 0.25) is 15.6 Å². The summed E-state index contributed by atoms with van der Waals surface area (Å²) in [6, 6.07) is 1.69. The normalized spacial score (nSPS) is 14.4. The number of halogens is 2. The Morgan fingerprint density at radius 2 is 2.06 bits per heavy atom. The summed E-state index contributed by atoms with van der Waals surface area (Å²) < 4.78 is 52.7. The van der Waals surface area contributed by atoms with Gasteiger partial charge in [-0.1, -0.05) is 0 Å². The first-order valence-electron chi connectivity index (χ1n) is 4.81. The molecule has 18 heavy (non-hydrogen) atoms. The van der Waals surface area contributed by atoms with Crippen LogP contribution < -0.4 is 4.74 Å². The molecule has 0 unspecified atom stereocenters. The molecule has 0 fully saturated rings. The van der Waals surface area contributed by atoms with Gasteiger partial charge in [-0.15, -0.1) is 0 Å². The standard InChI is InChI=1S/C9H7F2NO5S/c10-9(11)18(15,16)7-2-1-6(12(13)14)8-5(7)3-4-17-8/h1-2,9H,3-4H2. The van der Waals surface area contributed by atoms with Gasteiger partial charge >= 0.3 is 11.4 Å². The summed E-state index contributed by atoms with van der Waals surface area (Å²) in [5.74, 6) is -3.80. The zero-order valence-corrected chi connectivity index (χ0v) is 9.62. The van der Waals surface area contributed by atoms with Crippen molar-refractivity contribution in [2.75, 3.05) is 6.61 Å². The number of nitro benzene ring substituents is 1. The van der Waals surface area contributed by atoms with Crippen LogP contribution in [0.2, 0.25) is 0 Å². The summed E-state index contributed by atoms with van der Waals surface area (Å²) in [4.78, 5) is 9.34. The van der Waals surface area contributed by atoms with Gasteiger partial charge in [0.15, 0.2) is 0 Å². The molecule has 0 radical (unpaired) electrons. The third-order valence-electron chi connectivity index (χ3n) is 2.53. The van der Waals surface area contributed by atoms with E-state index >= 15 is 0 Å². The van der Waals surface area contributed by atoms with Crippen molar-refractivity contribution in [3.05, 3.63) is 27.8 Å². The molecule has 1 aromatic carbocycles. The smallest absolute Gasteiger partial charge is 0.341 e. The van der Waals surface area contributed by atoms with Crippen LogP contribution in [0, 0.1) is 10.1 Å². The number of nitro groups is 1. The summed E-state index contributed by atoms with van der Waals surface area (Å²) in [6.07, 6.45) is 0.0539. The third kappa shape index (κ3) is 1.80. The average molecular weight is 279 g/mol. The van der Waals surface area contributed by atoms with Crippen LogP contribution in [0.1, 0.15) is 5.56 Å². The largest absolute Gasteiger partial charge is 0.486 e. The van der Waals surface area contributed by atoms with Crippen LogP contribution in [0.5, 0.6) is 5.75 Å². The number of ether oxygens (including phenoxy) is 1. The molecule has 0 amide bonds. The lowest BCUT2D eigenvalue weighted by atomic mass is 10.1. The second-order valence-electron chi connectivity index (χ2n) is 3.55. The lowest BCUT2D eigenvalue weighted by Crippen LogP contribution is -2.13. The van der Waals surface area contributed by atoms with Crippen LogP contribution >= 0.6 is 0 Å². The number of rotatable bonds is 3. The topological polar surface area (TPSA) is 86.5 Å². The second-order valence-corrected chi connectivity index (χ2v) is 5.44. The molecule has 1 heterocycles. The maximum Gasteiger partial charge on any atom is 0.341 e. The van der Waals surface area contributed by atoms with E-state index in [1.165, 1.54) is 0 Å². The minimum atomic E-state index is -4.78. The van der Waals surface area contributed by atoms with Crippen LogP contribution in [0.3, 0.4) is 0 Å². The molecular weight excluding hydrogens is 272 g/mol. The van der Waals surface area contributed by atoms with Crippen molar-refractivity contribution >= 4 is 15.5 Å². The molecule has 0 saturated carbocycles. The summed E-state index contributed by atoms with van der Waals surface area (Å²) in [5.41, 5.74) is -0.472. The van der Waals surface area contributed by atoms with Crippen LogP contribution in [0.4, 0.5) is 14.5 Å². The SMILES string of the molecule is O=[N+]([O-])c1ccc(S(=O)(=O)C(F)F)c2c1OCC2. The molecule has 0 N–H and O–H groups in total. The van der Waals surface area contributed by atoms with E-state index in [0.717, 1.165) is 12.1 Å². The zero-order chi connectivity index (χ0) is 13.5. The van der Waals surface area contributed by atoms with Crippen molar-refractivity contribution in [3.8, 4) is 5.75 Å². The first kappa shape index (κ1) is 12.7. The van der Waals surface area contributed by atoms with E-state index in [1.807, 2.05) is 0 Å². The van der Waals surface area contributed by atoms with Crippen molar-refractivity contribution in [1.29, 1.82) is 0 Å².